The van der Waals surface area contributed by atoms with Gasteiger partial charge in [-0.15, -0.1) is 0 Å². The van der Waals surface area contributed by atoms with Crippen molar-refractivity contribution in [1.29, 1.82) is 0 Å². The molecule has 0 unspecified atom stereocenters. The number of hydrogen-bond acceptors (Lipinski definition) is 4. The predicted octanol–water partition coefficient (Wildman–Crippen LogP) is 2.21. The molecule has 2 aliphatic rings. The van der Waals surface area contributed by atoms with Gasteiger partial charge in [0.15, 0.2) is 5.82 Å². The predicted molar refractivity (Wildman–Crippen MR) is 95.8 cm³/mol. The zero-order valence-electron chi connectivity index (χ0n) is 14.6. The first-order chi connectivity index (χ1) is 11.3. The maximum absolute atomic E-state index is 6.17. The van der Waals surface area contributed by atoms with Crippen LogP contribution in [-0.4, -0.2) is 28.5 Å². The van der Waals surface area contributed by atoms with Gasteiger partial charge in [-0.1, -0.05) is 11.8 Å². The van der Waals surface area contributed by atoms with Gasteiger partial charge in [-0.2, -0.15) is 5.10 Å². The number of nitrogens with two attached hydrogens (primary N) is 1. The molecule has 5 nitrogen and oxygen atoms in total. The number of rotatable bonds is 1. The fraction of sp³-hybridized carbons (Fsp3) is 0.500. The summed E-state index contributed by atoms with van der Waals surface area (Å²) < 4.78 is 12.3. The van der Waals surface area contributed by atoms with E-state index in [1.54, 1.807) is 0 Å². The van der Waals surface area contributed by atoms with Crippen LogP contribution in [-0.2, 0) is 9.31 Å². The van der Waals surface area contributed by atoms with Crippen molar-refractivity contribution in [3.63, 3.8) is 0 Å². The Morgan fingerprint density at radius 1 is 1.21 bits per heavy atom. The molecule has 2 heterocycles. The third-order valence-electron chi connectivity index (χ3n) is 5.24. The molecule has 2 fully saturated rings. The normalized spacial score (nSPS) is 21.8. The van der Waals surface area contributed by atoms with Crippen LogP contribution in [0, 0.1) is 17.8 Å². The van der Waals surface area contributed by atoms with E-state index >= 15 is 0 Å². The Morgan fingerprint density at radius 2 is 1.88 bits per heavy atom. The van der Waals surface area contributed by atoms with Crippen LogP contribution in [0.15, 0.2) is 12.1 Å². The molecule has 0 amide bonds. The molecule has 6 heteroatoms. The van der Waals surface area contributed by atoms with Crippen molar-refractivity contribution in [2.24, 2.45) is 5.92 Å². The Balaban J connectivity index is 1.79. The Morgan fingerprint density at radius 3 is 2.50 bits per heavy atom. The van der Waals surface area contributed by atoms with Gasteiger partial charge in [0.05, 0.1) is 16.7 Å². The summed E-state index contributed by atoms with van der Waals surface area (Å²) >= 11 is 0. The molecule has 1 saturated carbocycles. The topological polar surface area (TPSA) is 73.2 Å². The van der Waals surface area contributed by atoms with E-state index in [1.165, 1.54) is 12.8 Å². The largest absolute Gasteiger partial charge is 0.494 e. The number of aromatic nitrogens is 2. The van der Waals surface area contributed by atoms with E-state index in [2.05, 4.69) is 22.0 Å². The second-order valence-corrected chi connectivity index (χ2v) is 7.73. The molecular formula is C18H22BN3O2. The van der Waals surface area contributed by atoms with Crippen LogP contribution in [0.1, 0.15) is 46.1 Å². The maximum atomic E-state index is 6.17. The lowest BCUT2D eigenvalue weighted by molar-refractivity contribution is 0.00578. The SMILES string of the molecule is CC1(C)OB(c2cc(C#CC3CC3)c3[nH]nc(N)c3c2)OC1(C)C. The van der Waals surface area contributed by atoms with E-state index in [9.17, 15) is 0 Å². The zero-order chi connectivity index (χ0) is 17.1. The highest BCUT2D eigenvalue weighted by Gasteiger charge is 2.51. The summed E-state index contributed by atoms with van der Waals surface area (Å²) in [6, 6.07) is 4.01. The summed E-state index contributed by atoms with van der Waals surface area (Å²) in [6.45, 7) is 8.19. The lowest BCUT2D eigenvalue weighted by Gasteiger charge is -2.32. The van der Waals surface area contributed by atoms with Gasteiger partial charge in [0, 0.05) is 16.9 Å². The molecular weight excluding hydrogens is 301 g/mol. The first-order valence-corrected chi connectivity index (χ1v) is 8.41. The summed E-state index contributed by atoms with van der Waals surface area (Å²) in [5, 5.41) is 7.98. The third-order valence-corrected chi connectivity index (χ3v) is 5.24. The second kappa shape index (κ2) is 5.01. The molecule has 1 aliphatic carbocycles. The minimum absolute atomic E-state index is 0.381. The van der Waals surface area contributed by atoms with Crippen molar-refractivity contribution >= 4 is 29.3 Å². The van der Waals surface area contributed by atoms with Crippen molar-refractivity contribution in [1.82, 2.24) is 10.2 Å². The van der Waals surface area contributed by atoms with Crippen molar-refractivity contribution in [3.05, 3.63) is 17.7 Å². The number of H-pyrrole nitrogens is 1. The van der Waals surface area contributed by atoms with E-state index in [1.807, 2.05) is 39.8 Å². The quantitative estimate of drug-likeness (QED) is 0.623. The van der Waals surface area contributed by atoms with Gasteiger partial charge < -0.3 is 15.0 Å². The van der Waals surface area contributed by atoms with Gasteiger partial charge >= 0.3 is 7.12 Å². The van der Waals surface area contributed by atoms with Crippen LogP contribution in [0.25, 0.3) is 10.9 Å². The third kappa shape index (κ3) is 2.49. The molecule has 0 bridgehead atoms. The Hall–Kier alpha value is -1.97. The van der Waals surface area contributed by atoms with Gasteiger partial charge in [0.2, 0.25) is 0 Å². The summed E-state index contributed by atoms with van der Waals surface area (Å²) in [4.78, 5) is 0. The summed E-state index contributed by atoms with van der Waals surface area (Å²) in [7, 11) is -0.435. The number of anilines is 1. The summed E-state index contributed by atoms with van der Waals surface area (Å²) in [5.74, 6) is 7.58. The van der Waals surface area contributed by atoms with Crippen LogP contribution in [0.4, 0.5) is 5.82 Å². The van der Waals surface area contributed by atoms with E-state index in [0.29, 0.717) is 11.7 Å². The zero-order valence-corrected chi connectivity index (χ0v) is 14.6. The fourth-order valence-electron chi connectivity index (χ4n) is 2.78. The molecule has 1 saturated heterocycles. The smallest absolute Gasteiger partial charge is 0.399 e. The first kappa shape index (κ1) is 15.6. The number of nitrogen functional groups attached to an aromatic ring is 1. The van der Waals surface area contributed by atoms with Crippen LogP contribution in [0.2, 0.25) is 0 Å². The van der Waals surface area contributed by atoms with Crippen molar-refractivity contribution < 1.29 is 9.31 Å². The molecule has 1 aliphatic heterocycles. The molecule has 0 spiro atoms. The fourth-order valence-corrected chi connectivity index (χ4v) is 2.78. The lowest BCUT2D eigenvalue weighted by Crippen LogP contribution is -2.41. The Labute approximate surface area is 142 Å². The Kier molecular flexibility index (Phi) is 3.25. The van der Waals surface area contributed by atoms with E-state index in [-0.39, 0.29) is 11.2 Å². The number of fused-ring (bicyclic) bond motifs is 1. The van der Waals surface area contributed by atoms with Gasteiger partial charge in [-0.25, -0.2) is 0 Å². The lowest BCUT2D eigenvalue weighted by atomic mass is 9.77. The molecule has 0 radical (unpaired) electrons. The van der Waals surface area contributed by atoms with E-state index in [0.717, 1.165) is 21.9 Å². The molecule has 4 rings (SSSR count). The summed E-state index contributed by atoms with van der Waals surface area (Å²) in [5.41, 5.74) is 7.95. The number of nitrogens with zero attached hydrogens (tertiary/aromatic N) is 1. The monoisotopic (exact) mass is 323 g/mol. The van der Waals surface area contributed by atoms with Gasteiger partial charge in [0.25, 0.3) is 0 Å². The van der Waals surface area contributed by atoms with Crippen LogP contribution < -0.4 is 11.2 Å². The minimum atomic E-state index is -0.435. The van der Waals surface area contributed by atoms with E-state index < -0.39 is 7.12 Å². The molecule has 124 valence electrons. The number of aromatic amines is 1. The molecule has 24 heavy (non-hydrogen) atoms. The van der Waals surface area contributed by atoms with Gasteiger partial charge in [0.1, 0.15) is 0 Å². The molecule has 0 atom stereocenters. The Bertz CT molecular complexity index is 855. The maximum Gasteiger partial charge on any atom is 0.494 e. The van der Waals surface area contributed by atoms with Crippen LogP contribution in [0.3, 0.4) is 0 Å². The van der Waals surface area contributed by atoms with Crippen molar-refractivity contribution in [2.45, 2.75) is 51.7 Å². The van der Waals surface area contributed by atoms with Crippen molar-refractivity contribution in [2.75, 3.05) is 5.73 Å². The number of nitrogens with one attached hydrogen (secondary N) is 1. The summed E-state index contributed by atoms with van der Waals surface area (Å²) in [6.07, 6.45) is 2.39. The molecule has 1 aromatic carbocycles. The highest BCUT2D eigenvalue weighted by Crippen LogP contribution is 2.37. The number of hydrogen-bond donors (Lipinski definition) is 2. The average Bonchev–Trinajstić information content (AvgIpc) is 3.21. The van der Waals surface area contributed by atoms with E-state index in [4.69, 9.17) is 15.0 Å². The second-order valence-electron chi connectivity index (χ2n) is 7.73. The average molecular weight is 323 g/mol. The minimum Gasteiger partial charge on any atom is -0.399 e. The highest BCUT2D eigenvalue weighted by atomic mass is 16.7. The standard InChI is InChI=1S/C18H22BN3O2/c1-17(2)18(3,4)24-19(23-17)13-9-12(8-7-11-5-6-11)15-14(10-13)16(20)22-21-15/h9-11H,5-6H2,1-4H3,(H3,20,21,22). The molecule has 1 aromatic heterocycles. The van der Waals surface area contributed by atoms with Crippen molar-refractivity contribution in [3.8, 4) is 11.8 Å². The number of benzene rings is 1. The van der Waals surface area contributed by atoms with Gasteiger partial charge in [-0.05, 0) is 58.1 Å². The van der Waals surface area contributed by atoms with Gasteiger partial charge in [-0.3, -0.25) is 5.10 Å². The highest BCUT2D eigenvalue weighted by molar-refractivity contribution is 6.62. The molecule has 3 N–H and O–H groups in total. The van der Waals surface area contributed by atoms with Crippen LogP contribution in [0.5, 0.6) is 0 Å². The molecule has 2 aromatic rings. The van der Waals surface area contributed by atoms with Crippen LogP contribution >= 0.6 is 0 Å². The first-order valence-electron chi connectivity index (χ1n) is 8.41.